The van der Waals surface area contributed by atoms with E-state index in [1.54, 1.807) is 12.3 Å². The predicted octanol–water partition coefficient (Wildman–Crippen LogP) is 0.980. The number of nitrogens with zero attached hydrogens (tertiary/aromatic N) is 3. The van der Waals surface area contributed by atoms with Crippen LogP contribution in [0.4, 0.5) is 5.95 Å². The molecule has 0 spiro atoms. The Bertz CT molecular complexity index is 394. The number of nitrogens with one attached hydrogen (secondary N) is 2. The van der Waals surface area contributed by atoms with Gasteiger partial charge in [0.2, 0.25) is 5.95 Å². The van der Waals surface area contributed by atoms with Crippen molar-refractivity contribution in [1.82, 2.24) is 20.2 Å². The Kier molecular flexibility index (Phi) is 6.81. The van der Waals surface area contributed by atoms with Gasteiger partial charge in [0, 0.05) is 19.3 Å². The summed E-state index contributed by atoms with van der Waals surface area (Å²) in [5, 5.41) is 5.92. The van der Waals surface area contributed by atoms with Crippen molar-refractivity contribution in [3.63, 3.8) is 0 Å². The Morgan fingerprint density at radius 1 is 1.37 bits per heavy atom. The first-order valence-corrected chi connectivity index (χ1v) is 6.63. The average molecular weight is 265 g/mol. The van der Waals surface area contributed by atoms with E-state index in [0.29, 0.717) is 18.2 Å². The van der Waals surface area contributed by atoms with Gasteiger partial charge in [0.25, 0.3) is 5.91 Å². The lowest BCUT2D eigenvalue weighted by atomic mass is 10.3. The Morgan fingerprint density at radius 2 is 2.16 bits per heavy atom. The maximum Gasteiger partial charge on any atom is 0.270 e. The van der Waals surface area contributed by atoms with Crippen molar-refractivity contribution in [3.8, 4) is 0 Å². The summed E-state index contributed by atoms with van der Waals surface area (Å²) >= 11 is 0. The molecule has 6 heteroatoms. The van der Waals surface area contributed by atoms with Gasteiger partial charge < -0.3 is 15.5 Å². The SMILES string of the molecule is CCCNc1nccc(C(=O)NCCCN(C)C)n1. The Hall–Kier alpha value is -1.69. The second-order valence-corrected chi connectivity index (χ2v) is 4.60. The molecule has 0 aliphatic heterocycles. The third kappa shape index (κ3) is 6.15. The molecule has 1 heterocycles. The number of aromatic nitrogens is 2. The summed E-state index contributed by atoms with van der Waals surface area (Å²) in [6.07, 6.45) is 3.51. The molecule has 0 radical (unpaired) electrons. The summed E-state index contributed by atoms with van der Waals surface area (Å²) in [4.78, 5) is 22.2. The highest BCUT2D eigenvalue weighted by Crippen LogP contribution is 2.00. The van der Waals surface area contributed by atoms with E-state index < -0.39 is 0 Å². The summed E-state index contributed by atoms with van der Waals surface area (Å²) in [6.45, 7) is 4.47. The Labute approximate surface area is 114 Å². The van der Waals surface area contributed by atoms with E-state index in [4.69, 9.17) is 0 Å². The van der Waals surface area contributed by atoms with Crippen LogP contribution in [0.15, 0.2) is 12.3 Å². The molecule has 0 aromatic carbocycles. The first-order valence-electron chi connectivity index (χ1n) is 6.63. The first-order chi connectivity index (χ1) is 9.13. The van der Waals surface area contributed by atoms with Gasteiger partial charge in [-0.3, -0.25) is 4.79 Å². The molecular weight excluding hydrogens is 242 g/mol. The number of carbonyl (C=O) groups excluding carboxylic acids is 1. The zero-order valence-electron chi connectivity index (χ0n) is 11.9. The molecule has 0 saturated carbocycles. The molecule has 0 atom stereocenters. The van der Waals surface area contributed by atoms with E-state index in [1.165, 1.54) is 0 Å². The van der Waals surface area contributed by atoms with Crippen LogP contribution in [0, 0.1) is 0 Å². The minimum atomic E-state index is -0.152. The van der Waals surface area contributed by atoms with Crippen molar-refractivity contribution in [2.75, 3.05) is 39.0 Å². The van der Waals surface area contributed by atoms with Crippen molar-refractivity contribution >= 4 is 11.9 Å². The summed E-state index contributed by atoms with van der Waals surface area (Å²) < 4.78 is 0. The normalized spacial score (nSPS) is 10.5. The van der Waals surface area contributed by atoms with E-state index >= 15 is 0 Å². The monoisotopic (exact) mass is 265 g/mol. The Morgan fingerprint density at radius 3 is 2.84 bits per heavy atom. The third-order valence-electron chi connectivity index (χ3n) is 2.49. The molecule has 1 aromatic heterocycles. The van der Waals surface area contributed by atoms with Crippen LogP contribution >= 0.6 is 0 Å². The Balaban J connectivity index is 2.43. The molecule has 19 heavy (non-hydrogen) atoms. The van der Waals surface area contributed by atoms with Gasteiger partial charge in [-0.2, -0.15) is 0 Å². The molecule has 0 aliphatic rings. The van der Waals surface area contributed by atoms with Crippen LogP contribution in [0.1, 0.15) is 30.3 Å². The first kappa shape index (κ1) is 15.4. The molecule has 0 aliphatic carbocycles. The van der Waals surface area contributed by atoms with E-state index in [1.807, 2.05) is 14.1 Å². The van der Waals surface area contributed by atoms with Crippen LogP contribution < -0.4 is 10.6 Å². The number of hydrogen-bond donors (Lipinski definition) is 2. The van der Waals surface area contributed by atoms with E-state index in [2.05, 4.69) is 32.4 Å². The molecule has 2 N–H and O–H groups in total. The largest absolute Gasteiger partial charge is 0.354 e. The van der Waals surface area contributed by atoms with E-state index in [-0.39, 0.29) is 5.91 Å². The fourth-order valence-electron chi connectivity index (χ4n) is 1.49. The van der Waals surface area contributed by atoms with Crippen molar-refractivity contribution in [2.45, 2.75) is 19.8 Å². The smallest absolute Gasteiger partial charge is 0.270 e. The van der Waals surface area contributed by atoms with Crippen molar-refractivity contribution in [3.05, 3.63) is 18.0 Å². The van der Waals surface area contributed by atoms with Crippen LogP contribution in [-0.2, 0) is 0 Å². The number of anilines is 1. The number of hydrogen-bond acceptors (Lipinski definition) is 5. The summed E-state index contributed by atoms with van der Waals surface area (Å²) in [5.74, 6) is 0.350. The van der Waals surface area contributed by atoms with Gasteiger partial charge in [0.15, 0.2) is 0 Å². The topological polar surface area (TPSA) is 70.2 Å². The van der Waals surface area contributed by atoms with Gasteiger partial charge in [-0.25, -0.2) is 9.97 Å². The molecule has 6 nitrogen and oxygen atoms in total. The third-order valence-corrected chi connectivity index (χ3v) is 2.49. The second-order valence-electron chi connectivity index (χ2n) is 4.60. The zero-order valence-corrected chi connectivity index (χ0v) is 11.9. The van der Waals surface area contributed by atoms with Gasteiger partial charge in [0.05, 0.1) is 0 Å². The van der Waals surface area contributed by atoms with E-state index in [0.717, 1.165) is 25.9 Å². The number of carbonyl (C=O) groups is 1. The standard InChI is InChI=1S/C13H23N5O/c1-4-7-15-13-16-9-6-11(17-13)12(19)14-8-5-10-18(2)3/h6,9H,4-5,7-8,10H2,1-3H3,(H,14,19)(H,15,16,17). The molecule has 0 fully saturated rings. The second kappa shape index (κ2) is 8.42. The van der Waals surface area contributed by atoms with Gasteiger partial charge in [0.1, 0.15) is 5.69 Å². The maximum atomic E-state index is 11.9. The van der Waals surface area contributed by atoms with Gasteiger partial charge in [-0.05, 0) is 39.5 Å². The fraction of sp³-hybridized carbons (Fsp3) is 0.615. The highest BCUT2D eigenvalue weighted by Gasteiger charge is 2.07. The quantitative estimate of drug-likeness (QED) is 0.686. The summed E-state index contributed by atoms with van der Waals surface area (Å²) in [7, 11) is 4.02. The molecule has 1 aromatic rings. The van der Waals surface area contributed by atoms with Gasteiger partial charge >= 0.3 is 0 Å². The van der Waals surface area contributed by atoms with Crippen LogP contribution in [0.5, 0.6) is 0 Å². The summed E-state index contributed by atoms with van der Waals surface area (Å²) in [5.41, 5.74) is 0.401. The highest BCUT2D eigenvalue weighted by molar-refractivity contribution is 5.92. The number of amides is 1. The van der Waals surface area contributed by atoms with E-state index in [9.17, 15) is 4.79 Å². The zero-order chi connectivity index (χ0) is 14.1. The molecule has 0 bridgehead atoms. The fourth-order valence-corrected chi connectivity index (χ4v) is 1.49. The van der Waals surface area contributed by atoms with Gasteiger partial charge in [-0.15, -0.1) is 0 Å². The molecule has 106 valence electrons. The molecule has 0 unspecified atom stereocenters. The predicted molar refractivity (Wildman–Crippen MR) is 76.3 cm³/mol. The van der Waals surface area contributed by atoms with Crippen molar-refractivity contribution in [1.29, 1.82) is 0 Å². The van der Waals surface area contributed by atoms with Crippen LogP contribution in [-0.4, -0.2) is 54.5 Å². The lowest BCUT2D eigenvalue weighted by molar-refractivity contribution is 0.0947. The summed E-state index contributed by atoms with van der Waals surface area (Å²) in [6, 6.07) is 1.62. The minimum absolute atomic E-state index is 0.152. The van der Waals surface area contributed by atoms with Gasteiger partial charge in [-0.1, -0.05) is 6.92 Å². The highest BCUT2D eigenvalue weighted by atomic mass is 16.1. The average Bonchev–Trinajstić information content (AvgIpc) is 2.41. The van der Waals surface area contributed by atoms with Crippen LogP contribution in [0.25, 0.3) is 0 Å². The van der Waals surface area contributed by atoms with Crippen LogP contribution in [0.2, 0.25) is 0 Å². The lowest BCUT2D eigenvalue weighted by Crippen LogP contribution is -2.28. The maximum absolute atomic E-state index is 11.9. The minimum Gasteiger partial charge on any atom is -0.354 e. The molecular formula is C13H23N5O. The molecule has 0 saturated heterocycles. The number of rotatable bonds is 8. The van der Waals surface area contributed by atoms with Crippen molar-refractivity contribution < 1.29 is 4.79 Å². The molecule has 1 rings (SSSR count). The van der Waals surface area contributed by atoms with Crippen molar-refractivity contribution in [2.24, 2.45) is 0 Å². The van der Waals surface area contributed by atoms with Crippen LogP contribution in [0.3, 0.4) is 0 Å². The molecule has 1 amide bonds. The lowest BCUT2D eigenvalue weighted by Gasteiger charge is -2.10.